The van der Waals surface area contributed by atoms with Crippen molar-refractivity contribution in [1.82, 2.24) is 4.90 Å². The molecule has 0 radical (unpaired) electrons. The van der Waals surface area contributed by atoms with E-state index in [0.717, 1.165) is 14.7 Å². The molecule has 5 heteroatoms. The Morgan fingerprint density at radius 2 is 2.46 bits per heavy atom. The molecule has 2 rings (SSSR count). The molecule has 1 amide bonds. The second-order valence-corrected chi connectivity index (χ2v) is 6.85. The predicted molar refractivity (Wildman–Crippen MR) is 61.7 cm³/mol. The fourth-order valence-electron chi connectivity index (χ4n) is 1.32. The van der Waals surface area contributed by atoms with Gasteiger partial charge in [-0.1, -0.05) is 0 Å². The van der Waals surface area contributed by atoms with Crippen LogP contribution in [-0.4, -0.2) is 21.9 Å². The van der Waals surface area contributed by atoms with Crippen LogP contribution in [0, 0.1) is 0 Å². The molecule has 1 saturated heterocycles. The summed E-state index contributed by atoms with van der Waals surface area (Å²) < 4.78 is 0.915. The molecule has 0 aromatic rings. The molecule has 1 atom stereocenters. The van der Waals surface area contributed by atoms with E-state index in [1.807, 2.05) is 28.9 Å². The van der Waals surface area contributed by atoms with E-state index < -0.39 is 0 Å². The van der Waals surface area contributed by atoms with Crippen LogP contribution in [0.1, 0.15) is 6.42 Å². The summed E-state index contributed by atoms with van der Waals surface area (Å²) in [6.07, 6.45) is 4.62. The first-order valence-electron chi connectivity index (χ1n) is 3.83. The minimum absolute atomic E-state index is 0.230. The highest BCUT2D eigenvalue weighted by Crippen LogP contribution is 2.36. The molecule has 2 aliphatic heterocycles. The Kier molecular flexibility index (Phi) is 2.86. The number of amides is 1. The van der Waals surface area contributed by atoms with E-state index in [2.05, 4.69) is 31.9 Å². The molecule has 0 aliphatic carbocycles. The van der Waals surface area contributed by atoms with Crippen LogP contribution in [0.15, 0.2) is 21.2 Å². The molecule has 1 fully saturated rings. The van der Waals surface area contributed by atoms with Crippen LogP contribution in [-0.2, 0) is 4.79 Å². The van der Waals surface area contributed by atoms with Gasteiger partial charge in [0.2, 0.25) is 5.91 Å². The van der Waals surface area contributed by atoms with Gasteiger partial charge < -0.3 is 4.90 Å². The van der Waals surface area contributed by atoms with E-state index in [1.54, 1.807) is 0 Å². The van der Waals surface area contributed by atoms with Crippen LogP contribution in [0.4, 0.5) is 0 Å². The Labute approximate surface area is 97.7 Å². The zero-order chi connectivity index (χ0) is 9.42. The van der Waals surface area contributed by atoms with Crippen LogP contribution in [0.25, 0.3) is 0 Å². The normalized spacial score (nSPS) is 26.0. The first kappa shape index (κ1) is 9.80. The van der Waals surface area contributed by atoms with E-state index in [0.29, 0.717) is 11.8 Å². The third-order valence-electron chi connectivity index (χ3n) is 1.99. The van der Waals surface area contributed by atoms with E-state index in [4.69, 9.17) is 0 Å². The van der Waals surface area contributed by atoms with Gasteiger partial charge >= 0.3 is 0 Å². The van der Waals surface area contributed by atoms with Crippen LogP contribution < -0.4 is 0 Å². The zero-order valence-electron chi connectivity index (χ0n) is 6.67. The van der Waals surface area contributed by atoms with Gasteiger partial charge in [0, 0.05) is 12.0 Å². The first-order valence-corrected chi connectivity index (χ1v) is 6.46. The minimum atomic E-state index is 0.230. The highest BCUT2D eigenvalue weighted by molar-refractivity contribution is 9.28. The summed E-state index contributed by atoms with van der Waals surface area (Å²) in [7, 11) is 0. The second kappa shape index (κ2) is 3.79. The van der Waals surface area contributed by atoms with Crippen molar-refractivity contribution in [1.29, 1.82) is 0 Å². The smallest absolute Gasteiger partial charge is 0.230 e. The molecule has 0 bridgehead atoms. The Balaban J connectivity index is 2.14. The molecule has 0 saturated carbocycles. The number of carbonyl (C=O) groups is 1. The monoisotopic (exact) mass is 323 g/mol. The Morgan fingerprint density at radius 3 is 3.08 bits per heavy atom. The van der Waals surface area contributed by atoms with Gasteiger partial charge in [0.25, 0.3) is 0 Å². The molecule has 0 N–H and O–H groups in total. The van der Waals surface area contributed by atoms with E-state index in [9.17, 15) is 4.79 Å². The molecule has 2 nitrogen and oxygen atoms in total. The van der Waals surface area contributed by atoms with Gasteiger partial charge in [-0.25, -0.2) is 0 Å². The molecule has 0 aromatic carbocycles. The lowest BCUT2D eigenvalue weighted by Crippen LogP contribution is -2.49. The van der Waals surface area contributed by atoms with Gasteiger partial charge in [0.05, 0.1) is 15.2 Å². The van der Waals surface area contributed by atoms with E-state index in [-0.39, 0.29) is 5.91 Å². The maximum atomic E-state index is 11.1. The van der Waals surface area contributed by atoms with Gasteiger partial charge in [-0.2, -0.15) is 0 Å². The van der Waals surface area contributed by atoms with Gasteiger partial charge in [0.1, 0.15) is 0 Å². The lowest BCUT2D eigenvalue weighted by molar-refractivity contribution is -0.137. The van der Waals surface area contributed by atoms with Crippen LogP contribution in [0.3, 0.4) is 0 Å². The number of halogens is 2. The number of nitrogens with zero attached hydrogens (tertiary/aromatic N) is 1. The largest absolute Gasteiger partial charge is 0.306 e. The number of β-lactam (4-membered cyclic amide) rings is 1. The van der Waals surface area contributed by atoms with Crippen LogP contribution in [0.2, 0.25) is 0 Å². The quantitative estimate of drug-likeness (QED) is 0.691. The number of rotatable bonds is 1. The maximum absolute atomic E-state index is 11.1. The molecule has 0 aromatic heterocycles. The SMILES string of the molecule is O=C1C[C@@H]2SCC(C=C(Br)Br)=CN12. The molecule has 0 spiro atoms. The van der Waals surface area contributed by atoms with Crippen LogP contribution >= 0.6 is 43.6 Å². The van der Waals surface area contributed by atoms with Crippen molar-refractivity contribution in [2.24, 2.45) is 0 Å². The number of fused-ring (bicyclic) bond motifs is 1. The molecule has 13 heavy (non-hydrogen) atoms. The summed E-state index contributed by atoms with van der Waals surface area (Å²) >= 11 is 8.42. The molecular formula is C8H7Br2NOS. The first-order chi connectivity index (χ1) is 6.16. The van der Waals surface area contributed by atoms with Crippen molar-refractivity contribution in [3.8, 4) is 0 Å². The van der Waals surface area contributed by atoms with Crippen molar-refractivity contribution < 1.29 is 4.79 Å². The average molecular weight is 325 g/mol. The predicted octanol–water partition coefficient (Wildman–Crippen LogP) is 2.81. The summed E-state index contributed by atoms with van der Waals surface area (Å²) in [5.74, 6) is 1.21. The van der Waals surface area contributed by atoms with Gasteiger partial charge in [-0.15, -0.1) is 11.8 Å². The maximum Gasteiger partial charge on any atom is 0.230 e. The lowest BCUT2D eigenvalue weighted by atomic mass is 10.2. The average Bonchev–Trinajstić information content (AvgIpc) is 2.05. The third-order valence-corrected chi connectivity index (χ3v) is 3.73. The zero-order valence-corrected chi connectivity index (χ0v) is 10.7. The number of hydrogen-bond acceptors (Lipinski definition) is 2. The number of allylic oxidation sites excluding steroid dienone is 1. The third kappa shape index (κ3) is 2.02. The Bertz CT molecular complexity index is 309. The molecule has 0 unspecified atom stereocenters. The summed E-state index contributed by atoms with van der Waals surface area (Å²) in [5, 5.41) is 0.402. The number of carbonyl (C=O) groups excluding carboxylic acids is 1. The summed E-state index contributed by atoms with van der Waals surface area (Å²) in [6.45, 7) is 0. The molecule has 2 heterocycles. The number of thioether (sulfide) groups is 1. The number of hydrogen-bond donors (Lipinski definition) is 0. The van der Waals surface area contributed by atoms with E-state index in [1.165, 1.54) is 0 Å². The Morgan fingerprint density at radius 1 is 1.69 bits per heavy atom. The highest BCUT2D eigenvalue weighted by atomic mass is 79.9. The minimum Gasteiger partial charge on any atom is -0.306 e. The second-order valence-electron chi connectivity index (χ2n) is 2.91. The topological polar surface area (TPSA) is 20.3 Å². The standard InChI is InChI=1S/C8H7Br2NOS/c9-6(10)1-5-3-11-7(12)2-8(11)13-4-5/h1,3,8H,2,4H2/t8-/m0/s1. The molecule has 2 aliphatic rings. The van der Waals surface area contributed by atoms with Crippen molar-refractivity contribution in [3.63, 3.8) is 0 Å². The fourth-order valence-corrected chi connectivity index (χ4v) is 3.05. The van der Waals surface area contributed by atoms with Gasteiger partial charge in [-0.05, 0) is 43.5 Å². The lowest BCUT2D eigenvalue weighted by Gasteiger charge is -2.40. The van der Waals surface area contributed by atoms with Gasteiger partial charge in [0.15, 0.2) is 0 Å². The fraction of sp³-hybridized carbons (Fsp3) is 0.375. The molecule has 70 valence electrons. The summed E-state index contributed by atoms with van der Waals surface area (Å²) in [6, 6.07) is 0. The highest BCUT2D eigenvalue weighted by Gasteiger charge is 2.37. The van der Waals surface area contributed by atoms with Crippen molar-refractivity contribution in [2.45, 2.75) is 11.8 Å². The van der Waals surface area contributed by atoms with Gasteiger partial charge in [-0.3, -0.25) is 4.79 Å². The summed E-state index contributed by atoms with van der Waals surface area (Å²) in [5.41, 5.74) is 1.16. The van der Waals surface area contributed by atoms with Crippen molar-refractivity contribution in [2.75, 3.05) is 5.75 Å². The summed E-state index contributed by atoms with van der Waals surface area (Å²) in [4.78, 5) is 12.9. The van der Waals surface area contributed by atoms with Crippen molar-refractivity contribution in [3.05, 3.63) is 21.2 Å². The van der Waals surface area contributed by atoms with Crippen molar-refractivity contribution >= 4 is 49.5 Å². The van der Waals surface area contributed by atoms with Crippen LogP contribution in [0.5, 0.6) is 0 Å². The molecular weight excluding hydrogens is 318 g/mol. The van der Waals surface area contributed by atoms with E-state index >= 15 is 0 Å². The Hall–Kier alpha value is 0.260.